The summed E-state index contributed by atoms with van der Waals surface area (Å²) in [5.74, 6) is -0.186. The first-order chi connectivity index (χ1) is 11.3. The molecule has 2 rings (SSSR count). The first-order valence-electron chi connectivity index (χ1n) is 7.48. The number of carbonyl (C=O) groups is 2. The molecule has 0 fully saturated rings. The summed E-state index contributed by atoms with van der Waals surface area (Å²) in [5.41, 5.74) is 1.87. The zero-order valence-electron chi connectivity index (χ0n) is 13.8. The summed E-state index contributed by atoms with van der Waals surface area (Å²) in [5, 5.41) is 11.2. The third kappa shape index (κ3) is 5.96. The largest absolute Gasteiger partial charge is 0.444 e. The molecule has 0 aliphatic rings. The van der Waals surface area contributed by atoms with Crippen molar-refractivity contribution in [2.75, 3.05) is 11.9 Å². The number of aromatic nitrogens is 2. The van der Waals surface area contributed by atoms with Gasteiger partial charge in [-0.15, -0.1) is 5.10 Å². The van der Waals surface area contributed by atoms with Crippen molar-refractivity contribution in [1.82, 2.24) is 14.9 Å². The molecule has 1 aromatic carbocycles. The first-order valence-corrected chi connectivity index (χ1v) is 8.31. The van der Waals surface area contributed by atoms with Gasteiger partial charge in [-0.05, 0) is 44.4 Å². The lowest BCUT2D eigenvalue weighted by Gasteiger charge is -2.19. The molecule has 2 N–H and O–H groups in total. The second-order valence-electron chi connectivity index (χ2n) is 6.09. The molecule has 0 aliphatic heterocycles. The van der Waals surface area contributed by atoms with Gasteiger partial charge in [0.1, 0.15) is 11.3 Å². The van der Waals surface area contributed by atoms with Crippen LogP contribution in [0.15, 0.2) is 29.6 Å². The summed E-state index contributed by atoms with van der Waals surface area (Å²) in [4.78, 5) is 23.3. The summed E-state index contributed by atoms with van der Waals surface area (Å²) in [6.45, 7) is 5.56. The minimum atomic E-state index is -0.555. The maximum Gasteiger partial charge on any atom is 0.407 e. The van der Waals surface area contributed by atoms with E-state index < -0.39 is 11.7 Å². The van der Waals surface area contributed by atoms with Crippen LogP contribution in [0.1, 0.15) is 27.2 Å². The average Bonchev–Trinajstić information content (AvgIpc) is 3.00. The van der Waals surface area contributed by atoms with E-state index in [1.54, 1.807) is 32.9 Å². The van der Waals surface area contributed by atoms with Crippen molar-refractivity contribution in [1.29, 1.82) is 0 Å². The van der Waals surface area contributed by atoms with Crippen molar-refractivity contribution < 1.29 is 14.3 Å². The molecule has 0 saturated carbocycles. The lowest BCUT2D eigenvalue weighted by Crippen LogP contribution is -2.34. The molecule has 0 atom stereocenters. The SMILES string of the molecule is CC(C)(C)OC(=O)NCCC(=O)Nc1ccc(-c2csnn2)cc1. The van der Waals surface area contributed by atoms with E-state index in [9.17, 15) is 9.59 Å². The fraction of sp³-hybridized carbons (Fsp3) is 0.375. The van der Waals surface area contributed by atoms with Crippen molar-refractivity contribution in [3.63, 3.8) is 0 Å². The summed E-state index contributed by atoms with van der Waals surface area (Å²) < 4.78 is 8.91. The number of nitrogens with one attached hydrogen (secondary N) is 2. The molecular formula is C16H20N4O3S. The van der Waals surface area contributed by atoms with Gasteiger partial charge in [0.2, 0.25) is 5.91 Å². The topological polar surface area (TPSA) is 93.2 Å². The van der Waals surface area contributed by atoms with E-state index in [4.69, 9.17) is 4.74 Å². The first kappa shape index (κ1) is 17.9. The van der Waals surface area contributed by atoms with Crippen LogP contribution in [-0.4, -0.2) is 33.7 Å². The predicted octanol–water partition coefficient (Wildman–Crippen LogP) is 3.06. The van der Waals surface area contributed by atoms with Gasteiger partial charge in [0.15, 0.2) is 0 Å². The number of ether oxygens (including phenoxy) is 1. The minimum absolute atomic E-state index is 0.164. The molecule has 0 radical (unpaired) electrons. The Morgan fingerprint density at radius 1 is 1.21 bits per heavy atom. The highest BCUT2D eigenvalue weighted by Gasteiger charge is 2.15. The van der Waals surface area contributed by atoms with Gasteiger partial charge in [0, 0.05) is 29.6 Å². The highest BCUT2D eigenvalue weighted by Crippen LogP contribution is 2.20. The number of benzene rings is 1. The zero-order chi connectivity index (χ0) is 17.6. The summed E-state index contributed by atoms with van der Waals surface area (Å²) in [6.07, 6.45) is -0.367. The number of alkyl carbamates (subject to hydrolysis) is 1. The van der Waals surface area contributed by atoms with Gasteiger partial charge in [-0.2, -0.15) is 0 Å². The van der Waals surface area contributed by atoms with Gasteiger partial charge in [0.25, 0.3) is 0 Å². The van der Waals surface area contributed by atoms with Crippen molar-refractivity contribution in [2.24, 2.45) is 0 Å². The average molecular weight is 348 g/mol. The van der Waals surface area contributed by atoms with Crippen molar-refractivity contribution in [3.8, 4) is 11.3 Å². The monoisotopic (exact) mass is 348 g/mol. The zero-order valence-corrected chi connectivity index (χ0v) is 14.6. The van der Waals surface area contributed by atoms with Crippen molar-refractivity contribution >= 4 is 29.2 Å². The molecule has 128 valence electrons. The Morgan fingerprint density at radius 2 is 1.92 bits per heavy atom. The van der Waals surface area contributed by atoms with Crippen LogP contribution in [-0.2, 0) is 9.53 Å². The molecule has 0 saturated heterocycles. The Bertz CT molecular complexity index is 678. The van der Waals surface area contributed by atoms with E-state index in [1.165, 1.54) is 11.5 Å². The minimum Gasteiger partial charge on any atom is -0.444 e. The summed E-state index contributed by atoms with van der Waals surface area (Å²) in [7, 11) is 0. The maximum atomic E-state index is 11.9. The van der Waals surface area contributed by atoms with E-state index in [0.717, 1.165) is 11.3 Å². The quantitative estimate of drug-likeness (QED) is 0.866. The van der Waals surface area contributed by atoms with Gasteiger partial charge in [-0.1, -0.05) is 16.6 Å². The molecular weight excluding hydrogens is 328 g/mol. The highest BCUT2D eigenvalue weighted by molar-refractivity contribution is 7.03. The molecule has 0 bridgehead atoms. The van der Waals surface area contributed by atoms with Crippen LogP contribution in [0.25, 0.3) is 11.3 Å². The normalized spacial score (nSPS) is 11.0. The van der Waals surface area contributed by atoms with Gasteiger partial charge >= 0.3 is 6.09 Å². The Balaban J connectivity index is 1.75. The van der Waals surface area contributed by atoms with Crippen molar-refractivity contribution in [2.45, 2.75) is 32.8 Å². The van der Waals surface area contributed by atoms with E-state index in [2.05, 4.69) is 20.2 Å². The second-order valence-corrected chi connectivity index (χ2v) is 6.70. The number of nitrogens with zero attached hydrogens (tertiary/aromatic N) is 2. The number of anilines is 1. The number of rotatable bonds is 5. The molecule has 2 aromatic rings. The molecule has 1 aromatic heterocycles. The number of amides is 2. The standard InChI is InChI=1S/C16H20N4O3S/c1-16(2,3)23-15(22)17-9-8-14(21)18-12-6-4-11(5-7-12)13-10-24-20-19-13/h4-7,10H,8-9H2,1-3H3,(H,17,22)(H,18,21). The van der Waals surface area contributed by atoms with Crippen LogP contribution in [0.2, 0.25) is 0 Å². The van der Waals surface area contributed by atoms with Crippen LogP contribution in [0.4, 0.5) is 10.5 Å². The molecule has 1 heterocycles. The third-order valence-corrected chi connectivity index (χ3v) is 3.35. The van der Waals surface area contributed by atoms with Crippen molar-refractivity contribution in [3.05, 3.63) is 29.6 Å². The fourth-order valence-electron chi connectivity index (χ4n) is 1.83. The summed E-state index contributed by atoms with van der Waals surface area (Å²) >= 11 is 1.29. The Hall–Kier alpha value is -2.48. The number of hydrogen-bond donors (Lipinski definition) is 2. The second kappa shape index (κ2) is 7.87. The summed E-state index contributed by atoms with van der Waals surface area (Å²) in [6, 6.07) is 7.33. The molecule has 0 aliphatic carbocycles. The predicted molar refractivity (Wildman–Crippen MR) is 92.8 cm³/mol. The Labute approximate surface area is 144 Å². The molecule has 24 heavy (non-hydrogen) atoms. The van der Waals surface area contributed by atoms with Crippen LogP contribution in [0, 0.1) is 0 Å². The van der Waals surface area contributed by atoms with E-state index >= 15 is 0 Å². The molecule has 0 spiro atoms. The van der Waals surface area contributed by atoms with Crippen LogP contribution < -0.4 is 10.6 Å². The van der Waals surface area contributed by atoms with Crippen LogP contribution in [0.3, 0.4) is 0 Å². The molecule has 7 nitrogen and oxygen atoms in total. The van der Waals surface area contributed by atoms with Gasteiger partial charge in [-0.25, -0.2) is 4.79 Å². The third-order valence-electron chi connectivity index (χ3n) is 2.84. The molecule has 2 amide bonds. The lowest BCUT2D eigenvalue weighted by molar-refractivity contribution is -0.116. The molecule has 0 unspecified atom stereocenters. The number of carbonyl (C=O) groups excluding carboxylic acids is 2. The smallest absolute Gasteiger partial charge is 0.407 e. The van der Waals surface area contributed by atoms with Gasteiger partial charge < -0.3 is 15.4 Å². The molecule has 8 heteroatoms. The van der Waals surface area contributed by atoms with Gasteiger partial charge in [0.05, 0.1) is 0 Å². The van der Waals surface area contributed by atoms with E-state index in [0.29, 0.717) is 5.69 Å². The maximum absolute atomic E-state index is 11.9. The highest BCUT2D eigenvalue weighted by atomic mass is 32.1. The van der Waals surface area contributed by atoms with Crippen LogP contribution >= 0.6 is 11.5 Å². The number of hydrogen-bond acceptors (Lipinski definition) is 6. The Morgan fingerprint density at radius 3 is 2.50 bits per heavy atom. The Kier molecular flexibility index (Phi) is 5.86. The fourth-order valence-corrected chi connectivity index (χ4v) is 2.30. The lowest BCUT2D eigenvalue weighted by atomic mass is 10.1. The van der Waals surface area contributed by atoms with E-state index in [-0.39, 0.29) is 18.9 Å². The van der Waals surface area contributed by atoms with Crippen LogP contribution in [0.5, 0.6) is 0 Å². The van der Waals surface area contributed by atoms with E-state index in [1.807, 2.05) is 17.5 Å². The van der Waals surface area contributed by atoms with Gasteiger partial charge in [-0.3, -0.25) is 4.79 Å².